The third kappa shape index (κ3) is 6.10. The van der Waals surface area contributed by atoms with E-state index in [0.717, 1.165) is 0 Å². The molecule has 2 aromatic heterocycles. The molecule has 0 saturated heterocycles. The number of amides is 2. The highest BCUT2D eigenvalue weighted by molar-refractivity contribution is 7.12. The van der Waals surface area contributed by atoms with Crippen molar-refractivity contribution >= 4 is 47.1 Å². The van der Waals surface area contributed by atoms with E-state index in [-0.39, 0.29) is 35.4 Å². The van der Waals surface area contributed by atoms with Gasteiger partial charge in [0.15, 0.2) is 5.82 Å². The number of pyridine rings is 1. The topological polar surface area (TPSA) is 150 Å². The number of ether oxygens (including phenoxy) is 1. The number of benzene rings is 2. The van der Waals surface area contributed by atoms with E-state index in [4.69, 9.17) is 10.5 Å². The first kappa shape index (κ1) is 28.1. The molecule has 0 radical (unpaired) electrons. The van der Waals surface area contributed by atoms with Crippen molar-refractivity contribution in [1.82, 2.24) is 4.98 Å². The molecule has 2 heterocycles. The summed E-state index contributed by atoms with van der Waals surface area (Å²) in [5.74, 6) is -0.323. The molecule has 1 atom stereocenters. The van der Waals surface area contributed by atoms with Gasteiger partial charge in [0.25, 0.3) is 5.91 Å². The van der Waals surface area contributed by atoms with Crippen LogP contribution in [0.25, 0.3) is 22.4 Å². The van der Waals surface area contributed by atoms with Crippen molar-refractivity contribution in [2.75, 3.05) is 17.7 Å². The number of carbonyl (C=O) groups is 2. The zero-order valence-corrected chi connectivity index (χ0v) is 22.0. The summed E-state index contributed by atoms with van der Waals surface area (Å²) in [5, 5.41) is 27.9. The number of thiophene rings is 1. The van der Waals surface area contributed by atoms with Crippen molar-refractivity contribution in [3.63, 3.8) is 0 Å². The highest BCUT2D eigenvalue weighted by Gasteiger charge is 2.20. The number of nitrogens with two attached hydrogens (primary N) is 1. The Kier molecular flexibility index (Phi) is 9.04. The molecule has 1 unspecified atom stereocenters. The number of nitrogens with one attached hydrogen (secondary N) is 2. The van der Waals surface area contributed by atoms with E-state index in [9.17, 15) is 20.0 Å². The Morgan fingerprint density at radius 3 is 2.55 bits per heavy atom. The number of phenols is 1. The van der Waals surface area contributed by atoms with Gasteiger partial charge in [-0.25, -0.2) is 4.98 Å². The summed E-state index contributed by atoms with van der Waals surface area (Å²) >= 11 is 1.25. The molecule has 4 aromatic rings. The maximum absolute atomic E-state index is 12.9. The van der Waals surface area contributed by atoms with Crippen molar-refractivity contribution < 1.29 is 19.4 Å². The molecular formula is C27H24ClN5O4S. The summed E-state index contributed by atoms with van der Waals surface area (Å²) in [4.78, 5) is 30.0. The highest BCUT2D eigenvalue weighted by atomic mass is 35.5. The Labute approximate surface area is 229 Å². The summed E-state index contributed by atoms with van der Waals surface area (Å²) in [7, 11) is 1.50. The smallest absolute Gasteiger partial charge is 0.266 e. The van der Waals surface area contributed by atoms with Crippen LogP contribution in [-0.2, 0) is 4.79 Å². The van der Waals surface area contributed by atoms with Gasteiger partial charge in [0, 0.05) is 16.8 Å². The molecule has 0 spiro atoms. The Morgan fingerprint density at radius 1 is 1.11 bits per heavy atom. The fourth-order valence-corrected chi connectivity index (χ4v) is 4.18. The van der Waals surface area contributed by atoms with E-state index >= 15 is 0 Å². The number of aromatic hydroxyl groups is 1. The molecule has 11 heteroatoms. The van der Waals surface area contributed by atoms with Gasteiger partial charge in [-0.1, -0.05) is 18.2 Å². The first-order valence-corrected chi connectivity index (χ1v) is 12.0. The zero-order valence-electron chi connectivity index (χ0n) is 20.4. The number of carbonyl (C=O) groups excluding carboxylic acids is 2. The van der Waals surface area contributed by atoms with Crippen LogP contribution in [0.3, 0.4) is 0 Å². The van der Waals surface area contributed by atoms with Crippen molar-refractivity contribution in [1.29, 1.82) is 5.26 Å². The van der Waals surface area contributed by atoms with Gasteiger partial charge in [-0.3, -0.25) is 9.59 Å². The van der Waals surface area contributed by atoms with Gasteiger partial charge in [-0.2, -0.15) is 5.26 Å². The summed E-state index contributed by atoms with van der Waals surface area (Å²) in [6, 6.07) is 18.0. The van der Waals surface area contributed by atoms with Crippen LogP contribution in [0.2, 0.25) is 0 Å². The van der Waals surface area contributed by atoms with Crippen LogP contribution in [0.15, 0.2) is 66.0 Å². The number of halogens is 1. The largest absolute Gasteiger partial charge is 0.507 e. The highest BCUT2D eigenvalue weighted by Crippen LogP contribution is 2.37. The molecule has 0 bridgehead atoms. The minimum atomic E-state index is -0.707. The molecule has 9 nitrogen and oxygen atoms in total. The molecule has 5 N–H and O–H groups in total. The van der Waals surface area contributed by atoms with E-state index in [2.05, 4.69) is 21.7 Å². The Morgan fingerprint density at radius 2 is 1.89 bits per heavy atom. The van der Waals surface area contributed by atoms with E-state index in [0.29, 0.717) is 38.7 Å². The molecule has 38 heavy (non-hydrogen) atoms. The number of nitrogens with zero attached hydrogens (tertiary/aromatic N) is 2. The summed E-state index contributed by atoms with van der Waals surface area (Å²) in [6.45, 7) is 1.57. The van der Waals surface area contributed by atoms with Gasteiger partial charge in [0.05, 0.1) is 23.7 Å². The number of hydrogen-bond acceptors (Lipinski definition) is 8. The van der Waals surface area contributed by atoms with Crippen LogP contribution in [0, 0.1) is 11.3 Å². The Balaban J connectivity index is 0.00000400. The van der Waals surface area contributed by atoms with Crippen LogP contribution in [0.1, 0.15) is 22.2 Å². The van der Waals surface area contributed by atoms with Gasteiger partial charge in [0.2, 0.25) is 5.91 Å². The second-order valence-electron chi connectivity index (χ2n) is 8.06. The van der Waals surface area contributed by atoms with E-state index in [1.54, 1.807) is 66.9 Å². The van der Waals surface area contributed by atoms with Crippen molar-refractivity contribution in [2.24, 2.45) is 5.73 Å². The minimum Gasteiger partial charge on any atom is -0.507 e. The van der Waals surface area contributed by atoms with Crippen LogP contribution in [-0.4, -0.2) is 35.1 Å². The SMILES string of the molecule is COc1ccc(O)c(-c2cc(-c3cccc(NC(=O)C(C)N)c3)c(C#N)c(NC(=O)c3cccs3)n2)c1.Cl. The molecule has 2 amide bonds. The fraction of sp³-hybridized carbons (Fsp3) is 0.111. The van der Waals surface area contributed by atoms with Crippen LogP contribution >= 0.6 is 23.7 Å². The minimum absolute atomic E-state index is 0. The molecule has 0 aliphatic rings. The van der Waals surface area contributed by atoms with Gasteiger partial charge in [-0.05, 0) is 60.3 Å². The maximum Gasteiger partial charge on any atom is 0.266 e. The number of hydrogen-bond donors (Lipinski definition) is 4. The number of methoxy groups -OCH3 is 1. The van der Waals surface area contributed by atoms with Crippen molar-refractivity contribution in [3.05, 3.63) is 76.5 Å². The quantitative estimate of drug-likeness (QED) is 0.252. The molecule has 0 saturated carbocycles. The van der Waals surface area contributed by atoms with E-state index < -0.39 is 11.9 Å². The van der Waals surface area contributed by atoms with Crippen molar-refractivity contribution in [2.45, 2.75) is 13.0 Å². The average molecular weight is 550 g/mol. The van der Waals surface area contributed by atoms with Gasteiger partial charge < -0.3 is 26.2 Å². The molecular weight excluding hydrogens is 526 g/mol. The standard InChI is InChI=1S/C27H23N5O4S.ClH/c1-15(29)26(34)30-17-6-3-5-16(11-17)19-13-22(20-12-18(36-2)8-9-23(20)33)31-25(21(19)14-28)32-27(35)24-7-4-10-37-24;/h3-13,15,33H,29H2,1-2H3,(H,30,34)(H,31,32,35);1H. The lowest BCUT2D eigenvalue weighted by Gasteiger charge is -2.15. The lowest BCUT2D eigenvalue weighted by Crippen LogP contribution is -2.32. The molecule has 0 aliphatic carbocycles. The number of rotatable bonds is 7. The first-order valence-electron chi connectivity index (χ1n) is 11.1. The lowest BCUT2D eigenvalue weighted by atomic mass is 9.97. The predicted octanol–water partition coefficient (Wildman–Crippen LogP) is 5.02. The number of phenolic OH excluding ortho intramolecular Hbond substituents is 1. The summed E-state index contributed by atoms with van der Waals surface area (Å²) < 4.78 is 5.30. The van der Waals surface area contributed by atoms with Crippen molar-refractivity contribution in [3.8, 4) is 40.0 Å². The molecule has 194 valence electrons. The summed E-state index contributed by atoms with van der Waals surface area (Å²) in [5.41, 5.74) is 7.94. The molecule has 4 rings (SSSR count). The third-order valence-corrected chi connectivity index (χ3v) is 6.31. The zero-order chi connectivity index (χ0) is 26.5. The van der Waals surface area contributed by atoms with Gasteiger partial charge in [-0.15, -0.1) is 23.7 Å². The Hall–Kier alpha value is -4.43. The molecule has 0 fully saturated rings. The Bertz CT molecular complexity index is 1520. The fourth-order valence-electron chi connectivity index (χ4n) is 3.56. The number of aromatic nitrogens is 1. The second-order valence-corrected chi connectivity index (χ2v) is 9.01. The van der Waals surface area contributed by atoms with Crippen LogP contribution < -0.4 is 21.1 Å². The van der Waals surface area contributed by atoms with Gasteiger partial charge >= 0.3 is 0 Å². The first-order chi connectivity index (χ1) is 17.8. The number of anilines is 2. The van der Waals surface area contributed by atoms with Gasteiger partial charge in [0.1, 0.15) is 23.1 Å². The average Bonchev–Trinajstić information content (AvgIpc) is 3.44. The molecule has 0 aliphatic heterocycles. The maximum atomic E-state index is 12.9. The predicted molar refractivity (Wildman–Crippen MR) is 150 cm³/mol. The normalized spacial score (nSPS) is 11.0. The number of nitriles is 1. The summed E-state index contributed by atoms with van der Waals surface area (Å²) in [6.07, 6.45) is 0. The molecule has 2 aromatic carbocycles. The lowest BCUT2D eigenvalue weighted by molar-refractivity contribution is -0.117. The van der Waals surface area contributed by atoms with E-state index in [1.165, 1.54) is 24.5 Å². The van der Waals surface area contributed by atoms with Crippen LogP contribution in [0.4, 0.5) is 11.5 Å². The monoisotopic (exact) mass is 549 g/mol. The van der Waals surface area contributed by atoms with Crippen LogP contribution in [0.5, 0.6) is 11.5 Å². The second kappa shape index (κ2) is 12.2. The van der Waals surface area contributed by atoms with E-state index in [1.807, 2.05) is 0 Å². The third-order valence-electron chi connectivity index (χ3n) is 5.44.